The van der Waals surface area contributed by atoms with Gasteiger partial charge in [0.1, 0.15) is 0 Å². The van der Waals surface area contributed by atoms with Crippen molar-refractivity contribution >= 4 is 9.84 Å². The van der Waals surface area contributed by atoms with Crippen LogP contribution in [0.2, 0.25) is 0 Å². The van der Waals surface area contributed by atoms with Crippen LogP contribution in [0, 0.1) is 0 Å². The van der Waals surface area contributed by atoms with Crippen LogP contribution < -0.4 is 5.32 Å². The van der Waals surface area contributed by atoms with Crippen LogP contribution in [0.1, 0.15) is 50.8 Å². The van der Waals surface area contributed by atoms with E-state index < -0.39 is 14.6 Å². The molecule has 0 aromatic heterocycles. The van der Waals surface area contributed by atoms with Crippen molar-refractivity contribution < 1.29 is 8.42 Å². The second-order valence-corrected chi connectivity index (χ2v) is 9.39. The van der Waals surface area contributed by atoms with Gasteiger partial charge in [0.05, 0.1) is 10.5 Å². The van der Waals surface area contributed by atoms with Crippen molar-refractivity contribution in [2.45, 2.75) is 50.8 Å². The van der Waals surface area contributed by atoms with Gasteiger partial charge in [0.2, 0.25) is 0 Å². The molecular weight excluding hydrogens is 270 g/mol. The van der Waals surface area contributed by atoms with Crippen molar-refractivity contribution in [3.63, 3.8) is 0 Å². The molecule has 0 heterocycles. The molecule has 4 heteroatoms. The number of sulfone groups is 1. The van der Waals surface area contributed by atoms with Crippen LogP contribution in [0.15, 0.2) is 24.3 Å². The molecule has 0 saturated carbocycles. The van der Waals surface area contributed by atoms with Crippen LogP contribution in [-0.2, 0) is 16.3 Å². The molecule has 2 rings (SSSR count). The Labute approximate surface area is 122 Å². The second-order valence-electron chi connectivity index (χ2n) is 6.53. The summed E-state index contributed by atoms with van der Waals surface area (Å²) in [5, 5.41) is 3.43. The Morgan fingerprint density at radius 2 is 1.95 bits per heavy atom. The molecule has 0 saturated heterocycles. The molecule has 20 heavy (non-hydrogen) atoms. The third-order valence-electron chi connectivity index (χ3n) is 4.06. The molecular formula is C16H25NO2S. The first-order chi connectivity index (χ1) is 9.31. The van der Waals surface area contributed by atoms with E-state index in [9.17, 15) is 8.42 Å². The van der Waals surface area contributed by atoms with Crippen molar-refractivity contribution in [2.24, 2.45) is 0 Å². The van der Waals surface area contributed by atoms with Crippen LogP contribution in [0.5, 0.6) is 0 Å². The lowest BCUT2D eigenvalue weighted by atomic mass is 9.88. The molecule has 112 valence electrons. The molecule has 0 radical (unpaired) electrons. The lowest BCUT2D eigenvalue weighted by Crippen LogP contribution is -2.36. The van der Waals surface area contributed by atoms with Gasteiger partial charge in [-0.2, -0.15) is 0 Å². The predicted molar refractivity (Wildman–Crippen MR) is 83.7 cm³/mol. The summed E-state index contributed by atoms with van der Waals surface area (Å²) >= 11 is 0. The van der Waals surface area contributed by atoms with E-state index in [1.54, 1.807) is 20.8 Å². The van der Waals surface area contributed by atoms with E-state index in [4.69, 9.17) is 0 Å². The topological polar surface area (TPSA) is 46.2 Å². The van der Waals surface area contributed by atoms with Gasteiger partial charge in [-0.3, -0.25) is 0 Å². The van der Waals surface area contributed by atoms with Crippen molar-refractivity contribution in [1.82, 2.24) is 5.32 Å². The predicted octanol–water partition coefficient (Wildman–Crippen LogP) is 2.87. The Balaban J connectivity index is 1.97. The van der Waals surface area contributed by atoms with Gasteiger partial charge in [0.25, 0.3) is 0 Å². The van der Waals surface area contributed by atoms with E-state index in [-0.39, 0.29) is 5.75 Å². The maximum absolute atomic E-state index is 12.1. The second kappa shape index (κ2) is 5.86. The van der Waals surface area contributed by atoms with Crippen LogP contribution in [0.4, 0.5) is 0 Å². The lowest BCUT2D eigenvalue weighted by Gasteiger charge is -2.27. The summed E-state index contributed by atoms with van der Waals surface area (Å²) in [5.74, 6) is 0.204. The fourth-order valence-electron chi connectivity index (χ4n) is 2.64. The van der Waals surface area contributed by atoms with Crippen LogP contribution >= 0.6 is 0 Å². The summed E-state index contributed by atoms with van der Waals surface area (Å²) < 4.78 is 23.5. The summed E-state index contributed by atoms with van der Waals surface area (Å²) in [6.45, 7) is 5.81. The normalized spacial score (nSPS) is 19.6. The summed E-state index contributed by atoms with van der Waals surface area (Å²) in [4.78, 5) is 0. The monoisotopic (exact) mass is 295 g/mol. The Morgan fingerprint density at radius 1 is 1.25 bits per heavy atom. The van der Waals surface area contributed by atoms with Gasteiger partial charge in [-0.25, -0.2) is 8.42 Å². The first kappa shape index (κ1) is 15.5. The molecule has 0 amide bonds. The maximum Gasteiger partial charge on any atom is 0.156 e. The van der Waals surface area contributed by atoms with E-state index >= 15 is 0 Å². The minimum Gasteiger partial charge on any atom is -0.309 e. The summed E-state index contributed by atoms with van der Waals surface area (Å²) in [5.41, 5.74) is 2.74. The fourth-order valence-corrected chi connectivity index (χ4v) is 3.64. The fraction of sp³-hybridized carbons (Fsp3) is 0.625. The zero-order chi connectivity index (χ0) is 14.8. The standard InChI is InChI=1S/C16H25NO2S/c1-16(2,3)20(18,19)12-11-17-15-10-6-8-13-7-4-5-9-14(13)15/h4-5,7,9,15,17H,6,8,10-12H2,1-3H3. The third kappa shape index (κ3) is 3.41. The van der Waals surface area contributed by atoms with Gasteiger partial charge >= 0.3 is 0 Å². The quantitative estimate of drug-likeness (QED) is 0.929. The zero-order valence-electron chi connectivity index (χ0n) is 12.6. The van der Waals surface area contributed by atoms with Crippen molar-refractivity contribution in [1.29, 1.82) is 0 Å². The maximum atomic E-state index is 12.1. The van der Waals surface area contributed by atoms with Crippen molar-refractivity contribution in [2.75, 3.05) is 12.3 Å². The van der Waals surface area contributed by atoms with Gasteiger partial charge < -0.3 is 5.32 Å². The van der Waals surface area contributed by atoms with Gasteiger partial charge in [-0.15, -0.1) is 0 Å². The first-order valence-electron chi connectivity index (χ1n) is 7.35. The number of fused-ring (bicyclic) bond motifs is 1. The molecule has 0 aliphatic heterocycles. The number of aryl methyl sites for hydroxylation is 1. The highest BCUT2D eigenvalue weighted by Crippen LogP contribution is 2.29. The highest BCUT2D eigenvalue weighted by atomic mass is 32.2. The lowest BCUT2D eigenvalue weighted by molar-refractivity contribution is 0.469. The molecule has 1 atom stereocenters. The van der Waals surface area contributed by atoms with Gasteiger partial charge in [0.15, 0.2) is 9.84 Å². The molecule has 0 bridgehead atoms. The Bertz CT molecular complexity index is 558. The molecule has 1 aromatic rings. The minimum absolute atomic E-state index is 0.204. The molecule has 1 unspecified atom stereocenters. The third-order valence-corrected chi connectivity index (χ3v) is 6.67. The highest BCUT2D eigenvalue weighted by molar-refractivity contribution is 7.92. The van der Waals surface area contributed by atoms with E-state index in [0.717, 1.165) is 12.8 Å². The molecule has 1 aliphatic rings. The molecule has 0 fully saturated rings. The number of rotatable bonds is 4. The molecule has 3 nitrogen and oxygen atoms in total. The largest absolute Gasteiger partial charge is 0.309 e. The summed E-state index contributed by atoms with van der Waals surface area (Å²) in [7, 11) is -3.04. The molecule has 0 spiro atoms. The SMILES string of the molecule is CC(C)(C)S(=O)(=O)CCNC1CCCc2ccccc21. The summed E-state index contributed by atoms with van der Waals surface area (Å²) in [6, 6.07) is 8.77. The van der Waals surface area contributed by atoms with E-state index in [1.807, 2.05) is 0 Å². The molecule has 1 aliphatic carbocycles. The smallest absolute Gasteiger partial charge is 0.156 e. The van der Waals surface area contributed by atoms with Gasteiger partial charge in [-0.05, 0) is 51.2 Å². The van der Waals surface area contributed by atoms with E-state index in [2.05, 4.69) is 29.6 Å². The summed E-state index contributed by atoms with van der Waals surface area (Å²) in [6.07, 6.45) is 3.39. The molecule has 1 aromatic carbocycles. The van der Waals surface area contributed by atoms with Crippen LogP contribution in [0.3, 0.4) is 0 Å². The van der Waals surface area contributed by atoms with E-state index in [0.29, 0.717) is 12.6 Å². The Morgan fingerprint density at radius 3 is 2.65 bits per heavy atom. The Kier molecular flexibility index (Phi) is 4.55. The van der Waals surface area contributed by atoms with Crippen molar-refractivity contribution in [3.8, 4) is 0 Å². The number of hydrogen-bond donors (Lipinski definition) is 1. The van der Waals surface area contributed by atoms with Crippen LogP contribution in [-0.4, -0.2) is 25.5 Å². The average Bonchev–Trinajstić information content (AvgIpc) is 2.37. The van der Waals surface area contributed by atoms with Crippen LogP contribution in [0.25, 0.3) is 0 Å². The Hall–Kier alpha value is -0.870. The zero-order valence-corrected chi connectivity index (χ0v) is 13.5. The number of hydrogen-bond acceptors (Lipinski definition) is 3. The van der Waals surface area contributed by atoms with Crippen molar-refractivity contribution in [3.05, 3.63) is 35.4 Å². The number of nitrogens with one attached hydrogen (secondary N) is 1. The highest BCUT2D eigenvalue weighted by Gasteiger charge is 2.28. The number of benzene rings is 1. The van der Waals surface area contributed by atoms with E-state index in [1.165, 1.54) is 17.5 Å². The average molecular weight is 295 g/mol. The minimum atomic E-state index is -3.04. The van der Waals surface area contributed by atoms with Gasteiger partial charge in [0, 0.05) is 12.6 Å². The first-order valence-corrected chi connectivity index (χ1v) is 9.00. The molecule has 1 N–H and O–H groups in total. The van der Waals surface area contributed by atoms with Gasteiger partial charge in [-0.1, -0.05) is 24.3 Å².